The van der Waals surface area contributed by atoms with E-state index in [-0.39, 0.29) is 24.4 Å². The molecule has 18 heavy (non-hydrogen) atoms. The minimum absolute atomic E-state index is 0.0820. The number of ether oxygens (including phenoxy) is 3. The van der Waals surface area contributed by atoms with Gasteiger partial charge in [0.1, 0.15) is 18.3 Å². The Morgan fingerprint density at radius 1 is 1.17 bits per heavy atom. The molecular formula is C14H19NO3. The fraction of sp³-hybridized carbons (Fsp3) is 0.571. The number of methoxy groups -OCH3 is 1. The standard InChI is InChI=1S/C14H19NO3/c1-16-12-9-18-13-11(8-17-14(12)13)15-7-10-5-3-2-4-6-10/h2-6,11-15H,7-9H2,1H3/t11-,12-,13+,14+/m0/s1. The third-order valence-corrected chi connectivity index (χ3v) is 3.72. The first-order chi connectivity index (χ1) is 8.88. The van der Waals surface area contributed by atoms with Crippen LogP contribution in [0.1, 0.15) is 5.56 Å². The van der Waals surface area contributed by atoms with Gasteiger partial charge >= 0.3 is 0 Å². The van der Waals surface area contributed by atoms with Crippen LogP contribution in [0.3, 0.4) is 0 Å². The lowest BCUT2D eigenvalue weighted by Crippen LogP contribution is -2.40. The van der Waals surface area contributed by atoms with Gasteiger partial charge in [0.25, 0.3) is 0 Å². The topological polar surface area (TPSA) is 39.7 Å². The summed E-state index contributed by atoms with van der Waals surface area (Å²) >= 11 is 0. The third-order valence-electron chi connectivity index (χ3n) is 3.72. The number of benzene rings is 1. The Bertz CT molecular complexity index is 384. The maximum atomic E-state index is 5.77. The van der Waals surface area contributed by atoms with Crippen molar-refractivity contribution >= 4 is 0 Å². The molecule has 0 bridgehead atoms. The molecule has 4 atom stereocenters. The molecule has 3 rings (SSSR count). The summed E-state index contributed by atoms with van der Waals surface area (Å²) in [5.74, 6) is 0. The van der Waals surface area contributed by atoms with Crippen LogP contribution >= 0.6 is 0 Å². The molecule has 0 saturated carbocycles. The van der Waals surface area contributed by atoms with Gasteiger partial charge in [0.15, 0.2) is 0 Å². The molecular weight excluding hydrogens is 230 g/mol. The summed E-state index contributed by atoms with van der Waals surface area (Å²) in [5.41, 5.74) is 1.28. The minimum Gasteiger partial charge on any atom is -0.376 e. The Morgan fingerprint density at radius 2 is 1.94 bits per heavy atom. The number of hydrogen-bond acceptors (Lipinski definition) is 4. The van der Waals surface area contributed by atoms with E-state index in [1.54, 1.807) is 7.11 Å². The molecule has 0 amide bonds. The zero-order valence-electron chi connectivity index (χ0n) is 10.5. The Morgan fingerprint density at radius 3 is 2.72 bits per heavy atom. The highest BCUT2D eigenvalue weighted by Crippen LogP contribution is 2.28. The molecule has 1 aromatic rings. The third kappa shape index (κ3) is 2.29. The second kappa shape index (κ2) is 5.36. The van der Waals surface area contributed by atoms with Gasteiger partial charge in [-0.3, -0.25) is 0 Å². The van der Waals surface area contributed by atoms with Crippen LogP contribution in [0, 0.1) is 0 Å². The van der Waals surface area contributed by atoms with E-state index >= 15 is 0 Å². The minimum atomic E-state index is 0.0820. The molecule has 2 heterocycles. The first-order valence-corrected chi connectivity index (χ1v) is 6.42. The van der Waals surface area contributed by atoms with Crippen molar-refractivity contribution in [3.8, 4) is 0 Å². The maximum Gasteiger partial charge on any atom is 0.114 e. The van der Waals surface area contributed by atoms with Crippen molar-refractivity contribution in [2.45, 2.75) is 30.9 Å². The van der Waals surface area contributed by atoms with Crippen molar-refractivity contribution in [3.05, 3.63) is 35.9 Å². The van der Waals surface area contributed by atoms with Crippen molar-refractivity contribution < 1.29 is 14.2 Å². The molecule has 98 valence electrons. The molecule has 0 aromatic heterocycles. The predicted molar refractivity (Wildman–Crippen MR) is 67.3 cm³/mol. The van der Waals surface area contributed by atoms with Gasteiger partial charge in [-0.15, -0.1) is 0 Å². The maximum absolute atomic E-state index is 5.77. The fourth-order valence-corrected chi connectivity index (χ4v) is 2.69. The summed E-state index contributed by atoms with van der Waals surface area (Å²) in [7, 11) is 1.71. The van der Waals surface area contributed by atoms with Gasteiger partial charge in [-0.1, -0.05) is 30.3 Å². The van der Waals surface area contributed by atoms with E-state index < -0.39 is 0 Å². The van der Waals surface area contributed by atoms with Crippen molar-refractivity contribution in [1.82, 2.24) is 5.32 Å². The highest BCUT2D eigenvalue weighted by molar-refractivity contribution is 5.14. The highest BCUT2D eigenvalue weighted by Gasteiger charge is 2.47. The second-order valence-corrected chi connectivity index (χ2v) is 4.84. The summed E-state index contributed by atoms with van der Waals surface area (Å²) in [4.78, 5) is 0. The van der Waals surface area contributed by atoms with Crippen LogP contribution in [0.4, 0.5) is 0 Å². The van der Waals surface area contributed by atoms with Crippen molar-refractivity contribution in [2.75, 3.05) is 20.3 Å². The van der Waals surface area contributed by atoms with E-state index in [0.717, 1.165) is 6.54 Å². The number of fused-ring (bicyclic) bond motifs is 1. The van der Waals surface area contributed by atoms with Gasteiger partial charge in [-0.2, -0.15) is 0 Å². The zero-order chi connectivity index (χ0) is 12.4. The lowest BCUT2D eigenvalue weighted by Gasteiger charge is -2.17. The lowest BCUT2D eigenvalue weighted by atomic mass is 10.1. The predicted octanol–water partition coefficient (Wildman–Crippen LogP) is 0.957. The molecule has 0 aliphatic carbocycles. The molecule has 0 radical (unpaired) electrons. The number of hydrogen-bond donors (Lipinski definition) is 1. The van der Waals surface area contributed by atoms with E-state index in [0.29, 0.717) is 13.2 Å². The molecule has 2 saturated heterocycles. The first kappa shape index (κ1) is 12.1. The molecule has 0 unspecified atom stereocenters. The molecule has 2 fully saturated rings. The second-order valence-electron chi connectivity index (χ2n) is 4.84. The average molecular weight is 249 g/mol. The van der Waals surface area contributed by atoms with Crippen LogP contribution in [0.25, 0.3) is 0 Å². The van der Waals surface area contributed by atoms with E-state index in [1.165, 1.54) is 5.56 Å². The van der Waals surface area contributed by atoms with Crippen LogP contribution in [-0.4, -0.2) is 44.7 Å². The van der Waals surface area contributed by atoms with E-state index in [9.17, 15) is 0 Å². The Labute approximate surface area is 107 Å². The van der Waals surface area contributed by atoms with Crippen molar-refractivity contribution in [1.29, 1.82) is 0 Å². The van der Waals surface area contributed by atoms with Crippen LogP contribution in [-0.2, 0) is 20.8 Å². The summed E-state index contributed by atoms with van der Waals surface area (Å²) in [6.07, 6.45) is 0.292. The Balaban J connectivity index is 1.56. The van der Waals surface area contributed by atoms with Gasteiger partial charge in [0.05, 0.1) is 19.3 Å². The fourth-order valence-electron chi connectivity index (χ4n) is 2.69. The number of nitrogens with one attached hydrogen (secondary N) is 1. The monoisotopic (exact) mass is 249 g/mol. The highest BCUT2D eigenvalue weighted by atomic mass is 16.6. The smallest absolute Gasteiger partial charge is 0.114 e. The van der Waals surface area contributed by atoms with Crippen LogP contribution in [0.2, 0.25) is 0 Å². The van der Waals surface area contributed by atoms with Crippen molar-refractivity contribution in [3.63, 3.8) is 0 Å². The molecule has 4 heteroatoms. The Kier molecular flexibility index (Phi) is 3.61. The molecule has 2 aliphatic heterocycles. The normalized spacial score (nSPS) is 34.7. The summed E-state index contributed by atoms with van der Waals surface area (Å²) in [6, 6.07) is 10.6. The quantitative estimate of drug-likeness (QED) is 0.862. The van der Waals surface area contributed by atoms with Gasteiger partial charge in [0, 0.05) is 13.7 Å². The van der Waals surface area contributed by atoms with Crippen LogP contribution in [0.5, 0.6) is 0 Å². The summed E-state index contributed by atoms with van der Waals surface area (Å²) in [5, 5.41) is 3.51. The summed E-state index contributed by atoms with van der Waals surface area (Å²) in [6.45, 7) is 2.18. The van der Waals surface area contributed by atoms with Crippen LogP contribution < -0.4 is 5.32 Å². The van der Waals surface area contributed by atoms with E-state index in [2.05, 4.69) is 29.6 Å². The summed E-state index contributed by atoms with van der Waals surface area (Å²) < 4.78 is 16.9. The Hall–Kier alpha value is -0.940. The van der Waals surface area contributed by atoms with Gasteiger partial charge < -0.3 is 19.5 Å². The SMILES string of the molecule is CO[C@H]1CO[C@H]2[C@@H]1OC[C@@H]2NCc1ccccc1. The molecule has 1 N–H and O–H groups in total. The van der Waals surface area contributed by atoms with E-state index in [1.807, 2.05) is 6.07 Å². The van der Waals surface area contributed by atoms with Gasteiger partial charge in [0.2, 0.25) is 0 Å². The molecule has 0 spiro atoms. The van der Waals surface area contributed by atoms with Crippen molar-refractivity contribution in [2.24, 2.45) is 0 Å². The molecule has 1 aromatic carbocycles. The average Bonchev–Trinajstić information content (AvgIpc) is 2.99. The number of rotatable bonds is 4. The van der Waals surface area contributed by atoms with Gasteiger partial charge in [-0.25, -0.2) is 0 Å². The molecule has 2 aliphatic rings. The largest absolute Gasteiger partial charge is 0.376 e. The van der Waals surface area contributed by atoms with Crippen LogP contribution in [0.15, 0.2) is 30.3 Å². The first-order valence-electron chi connectivity index (χ1n) is 6.42. The zero-order valence-corrected chi connectivity index (χ0v) is 10.5. The molecule has 4 nitrogen and oxygen atoms in total. The van der Waals surface area contributed by atoms with Gasteiger partial charge in [-0.05, 0) is 5.56 Å². The van der Waals surface area contributed by atoms with E-state index in [4.69, 9.17) is 14.2 Å². The lowest BCUT2D eigenvalue weighted by molar-refractivity contribution is -0.00824.